The highest BCUT2D eigenvalue weighted by Gasteiger charge is 2.10. The topological polar surface area (TPSA) is 57.9 Å². The van der Waals surface area contributed by atoms with Crippen molar-refractivity contribution >= 4 is 21.4 Å². The molecular formula is C4H6ClNO2S. The summed E-state index contributed by atoms with van der Waals surface area (Å²) < 4.78 is 20.7. The van der Waals surface area contributed by atoms with Gasteiger partial charge in [0.25, 0.3) is 0 Å². The predicted molar refractivity (Wildman–Crippen MR) is 35.0 cm³/mol. The Kier molecular flexibility index (Phi) is 2.95. The van der Waals surface area contributed by atoms with Crippen LogP contribution in [0.15, 0.2) is 0 Å². The molecule has 0 rings (SSSR count). The number of sulfone groups is 1. The van der Waals surface area contributed by atoms with Gasteiger partial charge in [-0.1, -0.05) is 0 Å². The van der Waals surface area contributed by atoms with Crippen LogP contribution in [0, 0.1) is 11.3 Å². The van der Waals surface area contributed by atoms with E-state index in [4.69, 9.17) is 16.9 Å². The summed E-state index contributed by atoms with van der Waals surface area (Å²) >= 11 is 5.21. The van der Waals surface area contributed by atoms with Gasteiger partial charge in [0.1, 0.15) is 15.2 Å². The summed E-state index contributed by atoms with van der Waals surface area (Å²) in [7, 11) is -3.09. The number of nitriles is 1. The fourth-order valence-corrected chi connectivity index (χ4v) is 1.60. The molecule has 0 N–H and O–H groups in total. The minimum absolute atomic E-state index is 0.273. The average molecular weight is 168 g/mol. The molecule has 0 saturated carbocycles. The van der Waals surface area contributed by atoms with Crippen molar-refractivity contribution in [3.05, 3.63) is 0 Å². The van der Waals surface area contributed by atoms with Crippen molar-refractivity contribution in [3.8, 4) is 6.07 Å². The second-order valence-corrected chi connectivity index (χ2v) is 4.40. The van der Waals surface area contributed by atoms with Crippen LogP contribution >= 0.6 is 11.6 Å². The van der Waals surface area contributed by atoms with Gasteiger partial charge < -0.3 is 0 Å². The lowest BCUT2D eigenvalue weighted by molar-refractivity contribution is 0.602. The maximum atomic E-state index is 10.4. The SMILES string of the molecule is CS(=O)(=O)C[C@H](Cl)C#N. The van der Waals surface area contributed by atoms with Gasteiger partial charge in [-0.3, -0.25) is 0 Å². The third-order valence-corrected chi connectivity index (χ3v) is 1.96. The molecule has 3 nitrogen and oxygen atoms in total. The van der Waals surface area contributed by atoms with Crippen molar-refractivity contribution in [2.24, 2.45) is 0 Å². The summed E-state index contributed by atoms with van der Waals surface area (Å²) in [4.78, 5) is 0. The first-order valence-corrected chi connectivity index (χ1v) is 4.67. The van der Waals surface area contributed by atoms with Crippen molar-refractivity contribution in [1.29, 1.82) is 5.26 Å². The Balaban J connectivity index is 3.94. The molecule has 0 spiro atoms. The Morgan fingerprint density at radius 1 is 1.78 bits per heavy atom. The van der Waals surface area contributed by atoms with Crippen molar-refractivity contribution in [3.63, 3.8) is 0 Å². The second-order valence-electron chi connectivity index (χ2n) is 1.69. The van der Waals surface area contributed by atoms with Crippen LogP contribution in [0.5, 0.6) is 0 Å². The molecule has 0 aromatic rings. The zero-order valence-corrected chi connectivity index (χ0v) is 6.41. The maximum Gasteiger partial charge on any atom is 0.149 e. The zero-order chi connectivity index (χ0) is 7.49. The molecular weight excluding hydrogens is 162 g/mol. The van der Waals surface area contributed by atoms with Gasteiger partial charge in [0.2, 0.25) is 0 Å². The molecule has 0 bridgehead atoms. The highest BCUT2D eigenvalue weighted by Crippen LogP contribution is 1.96. The number of nitrogens with zero attached hydrogens (tertiary/aromatic N) is 1. The van der Waals surface area contributed by atoms with Crippen LogP contribution in [0.4, 0.5) is 0 Å². The summed E-state index contributed by atoms with van der Waals surface area (Å²) in [5.74, 6) is -0.273. The summed E-state index contributed by atoms with van der Waals surface area (Å²) in [6, 6.07) is 1.61. The van der Waals surface area contributed by atoms with Gasteiger partial charge in [0.15, 0.2) is 0 Å². The van der Waals surface area contributed by atoms with E-state index in [1.54, 1.807) is 6.07 Å². The third kappa shape index (κ3) is 5.60. The molecule has 0 fully saturated rings. The maximum absolute atomic E-state index is 10.4. The van der Waals surface area contributed by atoms with Crippen molar-refractivity contribution < 1.29 is 8.42 Å². The number of alkyl halides is 1. The lowest BCUT2D eigenvalue weighted by atomic mass is 10.5. The molecule has 1 atom stereocenters. The van der Waals surface area contributed by atoms with E-state index < -0.39 is 15.2 Å². The standard InChI is InChI=1S/C4H6ClNO2S/c1-9(7,8)3-4(5)2-6/h4H,3H2,1H3/t4-/m1/s1. The van der Waals surface area contributed by atoms with Crippen LogP contribution < -0.4 is 0 Å². The van der Waals surface area contributed by atoms with Gasteiger partial charge in [-0.2, -0.15) is 5.26 Å². The fourth-order valence-electron chi connectivity index (χ4n) is 0.303. The number of hydrogen-bond acceptors (Lipinski definition) is 3. The van der Waals surface area contributed by atoms with Gasteiger partial charge in [-0.05, 0) is 0 Å². The van der Waals surface area contributed by atoms with Crippen molar-refractivity contribution in [2.75, 3.05) is 12.0 Å². The van der Waals surface area contributed by atoms with Crippen molar-refractivity contribution in [1.82, 2.24) is 0 Å². The minimum Gasteiger partial charge on any atom is -0.229 e. The van der Waals surface area contributed by atoms with Gasteiger partial charge in [0.05, 0.1) is 11.8 Å². The molecule has 9 heavy (non-hydrogen) atoms. The molecule has 5 heteroatoms. The van der Waals surface area contributed by atoms with Gasteiger partial charge >= 0.3 is 0 Å². The van der Waals surface area contributed by atoms with E-state index in [9.17, 15) is 8.42 Å². The Morgan fingerprint density at radius 2 is 2.22 bits per heavy atom. The highest BCUT2D eigenvalue weighted by molar-refractivity contribution is 7.90. The fraction of sp³-hybridized carbons (Fsp3) is 0.750. The Bertz CT molecular complexity index is 215. The highest BCUT2D eigenvalue weighted by atomic mass is 35.5. The first-order valence-electron chi connectivity index (χ1n) is 2.17. The van der Waals surface area contributed by atoms with E-state index in [2.05, 4.69) is 0 Å². The summed E-state index contributed by atoms with van der Waals surface area (Å²) in [6.45, 7) is 0. The zero-order valence-electron chi connectivity index (χ0n) is 4.83. The smallest absolute Gasteiger partial charge is 0.149 e. The molecule has 0 heterocycles. The van der Waals surface area contributed by atoms with E-state index in [0.29, 0.717) is 0 Å². The number of rotatable bonds is 2. The van der Waals surface area contributed by atoms with Crippen LogP contribution in [-0.2, 0) is 9.84 Å². The number of hydrogen-bond donors (Lipinski definition) is 0. The van der Waals surface area contributed by atoms with Gasteiger partial charge in [-0.15, -0.1) is 11.6 Å². The minimum atomic E-state index is -3.09. The Labute approximate surface area is 59.2 Å². The summed E-state index contributed by atoms with van der Waals surface area (Å²) in [6.07, 6.45) is 1.04. The molecule has 0 aromatic carbocycles. The normalized spacial score (nSPS) is 14.3. The molecule has 0 aliphatic rings. The molecule has 0 amide bonds. The Hall–Kier alpha value is -0.270. The van der Waals surface area contributed by atoms with Crippen LogP contribution in [0.1, 0.15) is 0 Å². The van der Waals surface area contributed by atoms with Gasteiger partial charge in [-0.25, -0.2) is 8.42 Å². The molecule has 0 aliphatic heterocycles. The van der Waals surface area contributed by atoms with E-state index in [0.717, 1.165) is 6.26 Å². The quantitative estimate of drug-likeness (QED) is 0.551. The lowest BCUT2D eigenvalue weighted by Gasteiger charge is -1.94. The van der Waals surface area contributed by atoms with E-state index >= 15 is 0 Å². The molecule has 0 aromatic heterocycles. The second kappa shape index (κ2) is 3.04. The number of halogens is 1. The van der Waals surface area contributed by atoms with Gasteiger partial charge in [0, 0.05) is 6.26 Å². The molecule has 0 aliphatic carbocycles. The third-order valence-electron chi connectivity index (χ3n) is 0.589. The van der Waals surface area contributed by atoms with E-state index in [-0.39, 0.29) is 5.75 Å². The molecule has 52 valence electrons. The van der Waals surface area contributed by atoms with Crippen LogP contribution in [-0.4, -0.2) is 25.8 Å². The first-order chi connectivity index (χ1) is 3.95. The Morgan fingerprint density at radius 3 is 2.33 bits per heavy atom. The summed E-state index contributed by atoms with van der Waals surface area (Å²) in [5.41, 5.74) is 0. The molecule has 0 saturated heterocycles. The van der Waals surface area contributed by atoms with E-state index in [1.165, 1.54) is 0 Å². The lowest BCUT2D eigenvalue weighted by Crippen LogP contribution is -2.12. The largest absolute Gasteiger partial charge is 0.229 e. The van der Waals surface area contributed by atoms with Crippen molar-refractivity contribution in [2.45, 2.75) is 5.38 Å². The molecule has 0 radical (unpaired) electrons. The predicted octanol–water partition coefficient (Wildman–Crippen LogP) is 0.162. The molecule has 0 unspecified atom stereocenters. The van der Waals surface area contributed by atoms with Crippen LogP contribution in [0.2, 0.25) is 0 Å². The monoisotopic (exact) mass is 167 g/mol. The average Bonchev–Trinajstić information content (AvgIpc) is 1.62. The summed E-state index contributed by atoms with van der Waals surface area (Å²) in [5, 5.41) is 7.14. The van der Waals surface area contributed by atoms with Crippen LogP contribution in [0.3, 0.4) is 0 Å². The first kappa shape index (κ1) is 8.73. The van der Waals surface area contributed by atoms with Crippen LogP contribution in [0.25, 0.3) is 0 Å². The van der Waals surface area contributed by atoms with E-state index in [1.807, 2.05) is 0 Å².